The monoisotopic (exact) mass is 574 g/mol. The van der Waals surface area contributed by atoms with Crippen LogP contribution in [0.4, 0.5) is 13.2 Å². The van der Waals surface area contributed by atoms with Gasteiger partial charge in [0.15, 0.2) is 0 Å². The second kappa shape index (κ2) is 12.4. The minimum Gasteiger partial charge on any atom is -0.406 e. The second-order valence-electron chi connectivity index (χ2n) is 12.2. The van der Waals surface area contributed by atoms with Crippen LogP contribution in [0.15, 0.2) is 54.6 Å². The van der Waals surface area contributed by atoms with Crippen molar-refractivity contribution in [2.45, 2.75) is 59.1 Å². The molecule has 10 heteroatoms. The third kappa shape index (κ3) is 7.80. The first kappa shape index (κ1) is 30.8. The lowest BCUT2D eigenvalue weighted by atomic mass is 9.82. The number of carbonyl (C=O) groups is 2. The Hall–Kier alpha value is -3.11. The molecule has 2 heterocycles. The maximum atomic E-state index is 13.7. The van der Waals surface area contributed by atoms with Crippen LogP contribution in [0.25, 0.3) is 0 Å². The van der Waals surface area contributed by atoms with Gasteiger partial charge in [0.1, 0.15) is 5.75 Å². The first-order valence-electron chi connectivity index (χ1n) is 14.2. The largest absolute Gasteiger partial charge is 0.573 e. The fourth-order valence-electron chi connectivity index (χ4n) is 5.94. The summed E-state index contributed by atoms with van der Waals surface area (Å²) in [5, 5.41) is 0. The predicted octanol–water partition coefficient (Wildman–Crippen LogP) is 4.79. The van der Waals surface area contributed by atoms with Gasteiger partial charge in [-0.05, 0) is 35.6 Å². The summed E-state index contributed by atoms with van der Waals surface area (Å²) in [6.07, 6.45) is -4.75. The van der Waals surface area contributed by atoms with E-state index >= 15 is 0 Å². The van der Waals surface area contributed by atoms with Crippen molar-refractivity contribution in [3.8, 4) is 5.75 Å². The number of benzene rings is 2. The van der Waals surface area contributed by atoms with Crippen molar-refractivity contribution >= 4 is 11.8 Å². The van der Waals surface area contributed by atoms with Crippen LogP contribution in [0.1, 0.15) is 51.8 Å². The molecule has 0 N–H and O–H groups in total. The van der Waals surface area contributed by atoms with E-state index in [1.165, 1.54) is 12.1 Å². The van der Waals surface area contributed by atoms with E-state index in [2.05, 4.69) is 42.2 Å². The maximum Gasteiger partial charge on any atom is 0.573 e. The first-order valence-corrected chi connectivity index (χ1v) is 14.2. The Morgan fingerprint density at radius 1 is 0.902 bits per heavy atom. The Morgan fingerprint density at radius 2 is 1.49 bits per heavy atom. The van der Waals surface area contributed by atoms with Crippen molar-refractivity contribution < 1.29 is 27.5 Å². The molecule has 4 rings (SSSR count). The standard InChI is InChI=1S/C31H41F3N4O3/c1-22-19-38(28(40)21-35-15-17-36(18-16-35)23(2)39)27(30(3,4)5)20-37(22)29(24-9-7-6-8-10-24)25-11-13-26(14-12-25)41-31(32,33)34/h6-14,22,27,29H,15-21H2,1-5H3/t22-,27-,29?/m1/s1. The first-order chi connectivity index (χ1) is 19.2. The lowest BCUT2D eigenvalue weighted by molar-refractivity contribution is -0.274. The van der Waals surface area contributed by atoms with Crippen LogP contribution in [-0.2, 0) is 9.59 Å². The molecular formula is C31H41F3N4O3. The number of carbonyl (C=O) groups excluding carboxylic acids is 2. The zero-order valence-electron chi connectivity index (χ0n) is 24.5. The summed E-state index contributed by atoms with van der Waals surface area (Å²) in [4.78, 5) is 33.7. The van der Waals surface area contributed by atoms with Crippen LogP contribution in [-0.4, -0.2) is 95.7 Å². The molecule has 2 aliphatic rings. The summed E-state index contributed by atoms with van der Waals surface area (Å²) >= 11 is 0. The van der Waals surface area contributed by atoms with E-state index < -0.39 is 6.36 Å². The third-order valence-electron chi connectivity index (χ3n) is 8.16. The van der Waals surface area contributed by atoms with Gasteiger partial charge in [-0.2, -0.15) is 0 Å². The Morgan fingerprint density at radius 3 is 2.02 bits per heavy atom. The van der Waals surface area contributed by atoms with Gasteiger partial charge >= 0.3 is 6.36 Å². The van der Waals surface area contributed by atoms with Crippen molar-refractivity contribution in [1.29, 1.82) is 0 Å². The van der Waals surface area contributed by atoms with Crippen molar-refractivity contribution in [3.63, 3.8) is 0 Å². The second-order valence-corrected chi connectivity index (χ2v) is 12.2. The Balaban J connectivity index is 1.57. The van der Waals surface area contributed by atoms with Gasteiger partial charge in [-0.1, -0.05) is 63.2 Å². The highest BCUT2D eigenvalue weighted by molar-refractivity contribution is 5.79. The number of nitrogens with zero attached hydrogens (tertiary/aromatic N) is 4. The molecule has 41 heavy (non-hydrogen) atoms. The van der Waals surface area contributed by atoms with Crippen molar-refractivity contribution in [2.24, 2.45) is 5.41 Å². The predicted molar refractivity (Wildman–Crippen MR) is 151 cm³/mol. The van der Waals surface area contributed by atoms with E-state index in [0.717, 1.165) is 11.1 Å². The lowest BCUT2D eigenvalue weighted by Crippen LogP contribution is -2.64. The number of rotatable bonds is 6. The molecular weight excluding hydrogens is 533 g/mol. The van der Waals surface area contributed by atoms with E-state index in [4.69, 9.17) is 0 Å². The van der Waals surface area contributed by atoms with Gasteiger partial charge in [-0.3, -0.25) is 19.4 Å². The van der Waals surface area contributed by atoms with Gasteiger partial charge in [0.05, 0.1) is 12.6 Å². The minimum atomic E-state index is -4.75. The van der Waals surface area contributed by atoms with E-state index in [-0.39, 0.29) is 41.1 Å². The molecule has 224 valence electrons. The molecule has 2 fully saturated rings. The summed E-state index contributed by atoms with van der Waals surface area (Å²) in [6.45, 7) is 14.1. The molecule has 2 aromatic rings. The zero-order chi connectivity index (χ0) is 29.9. The van der Waals surface area contributed by atoms with E-state index in [0.29, 0.717) is 45.8 Å². The minimum absolute atomic E-state index is 0.0107. The Labute approximate surface area is 240 Å². The van der Waals surface area contributed by atoms with E-state index in [1.54, 1.807) is 19.1 Å². The molecule has 0 spiro atoms. The number of piperazine rings is 2. The summed E-state index contributed by atoms with van der Waals surface area (Å²) in [5.74, 6) is -0.116. The van der Waals surface area contributed by atoms with Crippen molar-refractivity contribution in [3.05, 3.63) is 65.7 Å². The van der Waals surface area contributed by atoms with Crippen LogP contribution in [0.3, 0.4) is 0 Å². The van der Waals surface area contributed by atoms with Gasteiger partial charge in [0.25, 0.3) is 0 Å². The molecule has 0 bridgehead atoms. The van der Waals surface area contributed by atoms with Gasteiger partial charge in [-0.25, -0.2) is 0 Å². The number of alkyl halides is 3. The normalized spacial score (nSPS) is 22.0. The average molecular weight is 575 g/mol. The van der Waals surface area contributed by atoms with Crippen LogP contribution >= 0.6 is 0 Å². The molecule has 2 saturated heterocycles. The fourth-order valence-corrected chi connectivity index (χ4v) is 5.94. The third-order valence-corrected chi connectivity index (χ3v) is 8.16. The van der Waals surface area contributed by atoms with E-state index in [1.807, 2.05) is 40.1 Å². The molecule has 0 aromatic heterocycles. The molecule has 2 aromatic carbocycles. The van der Waals surface area contributed by atoms with Crippen LogP contribution in [0, 0.1) is 5.41 Å². The summed E-state index contributed by atoms with van der Waals surface area (Å²) in [7, 11) is 0. The average Bonchev–Trinajstić information content (AvgIpc) is 2.90. The Kier molecular flexibility index (Phi) is 9.33. The van der Waals surface area contributed by atoms with Gasteiger partial charge < -0.3 is 14.5 Å². The topological polar surface area (TPSA) is 56.3 Å². The summed E-state index contributed by atoms with van der Waals surface area (Å²) in [5.41, 5.74) is 1.67. The van der Waals surface area contributed by atoms with Crippen molar-refractivity contribution in [1.82, 2.24) is 19.6 Å². The number of hydrogen-bond donors (Lipinski definition) is 0. The molecule has 3 atom stereocenters. The number of ether oxygens (including phenoxy) is 1. The highest BCUT2D eigenvalue weighted by Crippen LogP contribution is 2.38. The van der Waals surface area contributed by atoms with Gasteiger partial charge in [-0.15, -0.1) is 13.2 Å². The Bertz CT molecular complexity index is 1180. The highest BCUT2D eigenvalue weighted by atomic mass is 19.4. The molecule has 2 amide bonds. The molecule has 7 nitrogen and oxygen atoms in total. The summed E-state index contributed by atoms with van der Waals surface area (Å²) < 4.78 is 42.4. The number of hydrogen-bond acceptors (Lipinski definition) is 5. The highest BCUT2D eigenvalue weighted by Gasteiger charge is 2.43. The lowest BCUT2D eigenvalue weighted by Gasteiger charge is -2.52. The van der Waals surface area contributed by atoms with Crippen LogP contribution < -0.4 is 4.74 Å². The van der Waals surface area contributed by atoms with Crippen LogP contribution in [0.5, 0.6) is 5.75 Å². The maximum absolute atomic E-state index is 13.7. The van der Waals surface area contributed by atoms with E-state index in [9.17, 15) is 22.8 Å². The van der Waals surface area contributed by atoms with Crippen LogP contribution in [0.2, 0.25) is 0 Å². The quantitative estimate of drug-likeness (QED) is 0.497. The molecule has 0 saturated carbocycles. The van der Waals surface area contributed by atoms with Gasteiger partial charge in [0.2, 0.25) is 11.8 Å². The smallest absolute Gasteiger partial charge is 0.406 e. The van der Waals surface area contributed by atoms with Crippen molar-refractivity contribution in [2.75, 3.05) is 45.8 Å². The molecule has 2 aliphatic heterocycles. The number of amides is 2. The fraction of sp³-hybridized carbons (Fsp3) is 0.548. The zero-order valence-corrected chi connectivity index (χ0v) is 24.5. The van der Waals surface area contributed by atoms with Gasteiger partial charge in [0, 0.05) is 58.3 Å². The summed E-state index contributed by atoms with van der Waals surface area (Å²) in [6, 6.07) is 15.7. The number of halogens is 3. The molecule has 0 aliphatic carbocycles. The molecule has 0 radical (unpaired) electrons. The molecule has 1 unspecified atom stereocenters. The SMILES string of the molecule is CC(=O)N1CCN(CC(=O)N2C[C@@H](C)N(C(c3ccccc3)c3ccc(OC(F)(F)F)cc3)C[C@@H]2C(C)(C)C)CC1.